The van der Waals surface area contributed by atoms with Crippen LogP contribution in [0, 0.1) is 16.0 Å². The average molecular weight is 447 g/mol. The van der Waals surface area contributed by atoms with Crippen LogP contribution in [0.1, 0.15) is 54.6 Å². The normalized spacial score (nSPS) is 18.1. The van der Waals surface area contributed by atoms with Crippen LogP contribution in [0.2, 0.25) is 0 Å². The van der Waals surface area contributed by atoms with Crippen LogP contribution in [-0.2, 0) is 0 Å². The van der Waals surface area contributed by atoms with Crippen molar-refractivity contribution in [1.29, 1.82) is 0 Å². The monoisotopic (exact) mass is 446 g/mol. The molecule has 2 aromatic carbocycles. The SMILES string of the molecule is CC1CCN(c2ccc([N+](=O)[O-])cc2C(=O)N2CCC(c3cc4ccccc4[nH]3)CC2)CC1. The Morgan fingerprint density at radius 1 is 1.00 bits per heavy atom. The van der Waals surface area contributed by atoms with E-state index in [-0.39, 0.29) is 11.6 Å². The van der Waals surface area contributed by atoms with Gasteiger partial charge in [-0.3, -0.25) is 14.9 Å². The molecule has 1 N–H and O–H groups in total. The summed E-state index contributed by atoms with van der Waals surface area (Å²) >= 11 is 0. The second-order valence-electron chi connectivity index (χ2n) is 9.51. The number of nitro benzene ring substituents is 1. The maximum absolute atomic E-state index is 13.6. The molecule has 2 fully saturated rings. The number of piperidine rings is 2. The van der Waals surface area contributed by atoms with Gasteiger partial charge in [-0.15, -0.1) is 0 Å². The van der Waals surface area contributed by atoms with Crippen LogP contribution in [0.4, 0.5) is 11.4 Å². The minimum Gasteiger partial charge on any atom is -0.371 e. The molecule has 0 aliphatic carbocycles. The van der Waals surface area contributed by atoms with Crippen LogP contribution in [0.5, 0.6) is 0 Å². The molecule has 5 rings (SSSR count). The molecular formula is C26H30N4O3. The summed E-state index contributed by atoms with van der Waals surface area (Å²) in [6.45, 7) is 5.30. The van der Waals surface area contributed by atoms with E-state index in [0.29, 0.717) is 30.5 Å². The van der Waals surface area contributed by atoms with Crippen LogP contribution < -0.4 is 4.90 Å². The van der Waals surface area contributed by atoms with Gasteiger partial charge in [0, 0.05) is 55.4 Å². The number of rotatable bonds is 4. The summed E-state index contributed by atoms with van der Waals surface area (Å²) in [5.41, 5.74) is 3.63. The number of carbonyl (C=O) groups excluding carboxylic acids is 1. The quantitative estimate of drug-likeness (QED) is 0.434. The van der Waals surface area contributed by atoms with Crippen LogP contribution in [0.15, 0.2) is 48.5 Å². The van der Waals surface area contributed by atoms with Crippen LogP contribution in [0.3, 0.4) is 0 Å². The summed E-state index contributed by atoms with van der Waals surface area (Å²) in [6.07, 6.45) is 3.90. The van der Waals surface area contributed by atoms with Crippen molar-refractivity contribution in [2.45, 2.75) is 38.5 Å². The van der Waals surface area contributed by atoms with Gasteiger partial charge in [0.2, 0.25) is 0 Å². The summed E-state index contributed by atoms with van der Waals surface area (Å²) in [5, 5.41) is 12.6. The van der Waals surface area contributed by atoms with Crippen LogP contribution in [-0.4, -0.2) is 46.9 Å². The van der Waals surface area contributed by atoms with Crippen molar-refractivity contribution in [3.05, 3.63) is 69.9 Å². The lowest BCUT2D eigenvalue weighted by molar-refractivity contribution is -0.384. The standard InChI is InChI=1S/C26H30N4O3/c1-18-8-12-28(13-9-18)25-7-6-21(30(32)33)17-22(25)26(31)29-14-10-19(11-15-29)24-16-20-4-2-3-5-23(20)27-24/h2-7,16-19,27H,8-15H2,1H3. The molecule has 1 aromatic heterocycles. The molecule has 172 valence electrons. The highest BCUT2D eigenvalue weighted by Crippen LogP contribution is 2.33. The number of hydrogen-bond acceptors (Lipinski definition) is 4. The predicted octanol–water partition coefficient (Wildman–Crippen LogP) is 5.33. The Morgan fingerprint density at radius 2 is 1.73 bits per heavy atom. The number of benzene rings is 2. The van der Waals surface area contributed by atoms with Crippen molar-refractivity contribution in [3.8, 4) is 0 Å². The molecule has 0 spiro atoms. The number of nitrogens with zero attached hydrogens (tertiary/aromatic N) is 3. The zero-order chi connectivity index (χ0) is 22.9. The van der Waals surface area contributed by atoms with Gasteiger partial charge < -0.3 is 14.8 Å². The first-order chi connectivity index (χ1) is 16.0. The first kappa shape index (κ1) is 21.5. The number of hydrogen-bond donors (Lipinski definition) is 1. The van der Waals surface area contributed by atoms with Gasteiger partial charge >= 0.3 is 0 Å². The zero-order valence-electron chi connectivity index (χ0n) is 19.0. The van der Waals surface area contributed by atoms with Gasteiger partial charge in [0.15, 0.2) is 0 Å². The maximum atomic E-state index is 13.6. The Labute approximate surface area is 193 Å². The van der Waals surface area contributed by atoms with Gasteiger partial charge in [-0.05, 0) is 55.2 Å². The number of para-hydroxylation sites is 1. The highest BCUT2D eigenvalue weighted by atomic mass is 16.6. The number of carbonyl (C=O) groups is 1. The molecule has 0 bridgehead atoms. The Balaban J connectivity index is 1.34. The predicted molar refractivity (Wildman–Crippen MR) is 130 cm³/mol. The molecular weight excluding hydrogens is 416 g/mol. The van der Waals surface area contributed by atoms with Crippen LogP contribution >= 0.6 is 0 Å². The fourth-order valence-electron chi connectivity index (χ4n) is 5.21. The maximum Gasteiger partial charge on any atom is 0.270 e. The molecule has 2 saturated heterocycles. The van der Waals surface area contributed by atoms with E-state index in [9.17, 15) is 14.9 Å². The highest BCUT2D eigenvalue weighted by molar-refractivity contribution is 6.00. The number of H-pyrrole nitrogens is 1. The number of likely N-dealkylation sites (tertiary alicyclic amines) is 1. The van der Waals surface area contributed by atoms with E-state index in [1.807, 2.05) is 17.0 Å². The van der Waals surface area contributed by atoms with Crippen molar-refractivity contribution in [3.63, 3.8) is 0 Å². The molecule has 7 heteroatoms. The summed E-state index contributed by atoms with van der Waals surface area (Å²) in [4.78, 5) is 32.2. The average Bonchev–Trinajstić information content (AvgIpc) is 3.28. The number of aromatic nitrogens is 1. The Bertz CT molecular complexity index is 1140. The molecule has 1 amide bonds. The molecule has 0 unspecified atom stereocenters. The lowest BCUT2D eigenvalue weighted by atomic mass is 9.93. The van der Waals surface area contributed by atoms with Gasteiger partial charge in [-0.1, -0.05) is 25.1 Å². The number of nitro groups is 1. The third kappa shape index (κ3) is 4.32. The van der Waals surface area contributed by atoms with Crippen molar-refractivity contribution >= 4 is 28.2 Å². The number of anilines is 1. The fourth-order valence-corrected chi connectivity index (χ4v) is 5.21. The van der Waals surface area contributed by atoms with E-state index in [1.165, 1.54) is 23.2 Å². The van der Waals surface area contributed by atoms with E-state index in [2.05, 4.69) is 35.0 Å². The zero-order valence-corrected chi connectivity index (χ0v) is 19.0. The van der Waals surface area contributed by atoms with Gasteiger partial charge in [-0.25, -0.2) is 0 Å². The molecule has 33 heavy (non-hydrogen) atoms. The molecule has 0 atom stereocenters. The molecule has 2 aliphatic heterocycles. The molecule has 0 radical (unpaired) electrons. The van der Waals surface area contributed by atoms with E-state index in [4.69, 9.17) is 0 Å². The number of fused-ring (bicyclic) bond motifs is 1. The van der Waals surface area contributed by atoms with Crippen molar-refractivity contribution < 1.29 is 9.72 Å². The van der Waals surface area contributed by atoms with Crippen molar-refractivity contribution in [1.82, 2.24) is 9.88 Å². The number of aromatic amines is 1. The number of amides is 1. The minimum atomic E-state index is -0.416. The Morgan fingerprint density at radius 3 is 2.42 bits per heavy atom. The van der Waals surface area contributed by atoms with E-state index >= 15 is 0 Å². The molecule has 7 nitrogen and oxygen atoms in total. The third-order valence-corrected chi connectivity index (χ3v) is 7.32. The first-order valence-electron chi connectivity index (χ1n) is 11.9. The number of nitrogens with one attached hydrogen (secondary N) is 1. The second-order valence-corrected chi connectivity index (χ2v) is 9.51. The largest absolute Gasteiger partial charge is 0.371 e. The first-order valence-corrected chi connectivity index (χ1v) is 11.9. The summed E-state index contributed by atoms with van der Waals surface area (Å²) in [7, 11) is 0. The Hall–Kier alpha value is -3.35. The summed E-state index contributed by atoms with van der Waals surface area (Å²) < 4.78 is 0. The summed E-state index contributed by atoms with van der Waals surface area (Å²) in [5.74, 6) is 0.958. The van der Waals surface area contributed by atoms with Gasteiger partial charge in [-0.2, -0.15) is 0 Å². The van der Waals surface area contributed by atoms with E-state index < -0.39 is 4.92 Å². The molecule has 3 aromatic rings. The van der Waals surface area contributed by atoms with Gasteiger partial charge in [0.1, 0.15) is 0 Å². The number of non-ortho nitro benzene ring substituents is 1. The highest BCUT2D eigenvalue weighted by Gasteiger charge is 2.29. The molecule has 2 aliphatic rings. The fraction of sp³-hybridized carbons (Fsp3) is 0.423. The minimum absolute atomic E-state index is 0.0274. The molecule has 3 heterocycles. The van der Waals surface area contributed by atoms with E-state index in [1.54, 1.807) is 6.07 Å². The topological polar surface area (TPSA) is 82.5 Å². The lowest BCUT2D eigenvalue weighted by Gasteiger charge is -2.35. The third-order valence-electron chi connectivity index (χ3n) is 7.32. The van der Waals surface area contributed by atoms with Gasteiger partial charge in [0.05, 0.1) is 16.2 Å². The summed E-state index contributed by atoms with van der Waals surface area (Å²) in [6, 6.07) is 15.2. The van der Waals surface area contributed by atoms with E-state index in [0.717, 1.165) is 50.0 Å². The van der Waals surface area contributed by atoms with Gasteiger partial charge in [0.25, 0.3) is 11.6 Å². The van der Waals surface area contributed by atoms with Crippen LogP contribution in [0.25, 0.3) is 10.9 Å². The van der Waals surface area contributed by atoms with Crippen molar-refractivity contribution in [2.75, 3.05) is 31.1 Å². The van der Waals surface area contributed by atoms with Crippen molar-refractivity contribution in [2.24, 2.45) is 5.92 Å². The lowest BCUT2D eigenvalue weighted by Crippen LogP contribution is -2.40. The Kier molecular flexibility index (Phi) is 5.79. The second kappa shape index (κ2) is 8.89. The smallest absolute Gasteiger partial charge is 0.270 e. The molecule has 0 saturated carbocycles.